The molecular formula is C15H19FN2O3S. The summed E-state index contributed by atoms with van der Waals surface area (Å²) in [5.41, 5.74) is 0.809. The largest absolute Gasteiger partial charge is 0.497 e. The second kappa shape index (κ2) is 6.16. The minimum Gasteiger partial charge on any atom is -0.497 e. The van der Waals surface area contributed by atoms with Crippen LogP contribution in [0.25, 0.3) is 0 Å². The molecule has 1 saturated heterocycles. The molecule has 1 unspecified atom stereocenters. The van der Waals surface area contributed by atoms with E-state index in [0.717, 1.165) is 17.1 Å². The van der Waals surface area contributed by atoms with Crippen LogP contribution in [0.5, 0.6) is 0 Å². The van der Waals surface area contributed by atoms with Crippen LogP contribution in [0.1, 0.15) is 19.3 Å². The summed E-state index contributed by atoms with van der Waals surface area (Å²) in [6.45, 7) is 0.932. The predicted molar refractivity (Wildman–Crippen MR) is 83.9 cm³/mol. The molecule has 1 atom stereocenters. The number of sulfonamides is 1. The number of hydrogen-bond donors (Lipinski definition) is 1. The van der Waals surface area contributed by atoms with Crippen LogP contribution in [0.4, 0.5) is 15.8 Å². The Morgan fingerprint density at radius 2 is 2.27 bits per heavy atom. The number of hydrogen-bond acceptors (Lipinski definition) is 4. The molecule has 0 aromatic heterocycles. The van der Waals surface area contributed by atoms with Crippen molar-refractivity contribution in [2.24, 2.45) is 0 Å². The van der Waals surface area contributed by atoms with Crippen LogP contribution in [0.2, 0.25) is 0 Å². The molecule has 0 saturated carbocycles. The highest BCUT2D eigenvalue weighted by Crippen LogP contribution is 2.29. The Labute approximate surface area is 129 Å². The Kier molecular flexibility index (Phi) is 4.24. The maximum Gasteiger partial charge on any atom is 0.235 e. The molecule has 0 aliphatic carbocycles. The van der Waals surface area contributed by atoms with Gasteiger partial charge in [-0.25, -0.2) is 12.8 Å². The van der Waals surface area contributed by atoms with Gasteiger partial charge in [0, 0.05) is 12.2 Å². The predicted octanol–water partition coefficient (Wildman–Crippen LogP) is 2.47. The van der Waals surface area contributed by atoms with E-state index in [0.29, 0.717) is 25.2 Å². The average Bonchev–Trinajstić information content (AvgIpc) is 2.87. The third-order valence-electron chi connectivity index (χ3n) is 3.87. The summed E-state index contributed by atoms with van der Waals surface area (Å²) in [6, 6.07) is 4.46. The van der Waals surface area contributed by atoms with Gasteiger partial charge < -0.3 is 10.1 Å². The van der Waals surface area contributed by atoms with Crippen molar-refractivity contribution in [2.75, 3.05) is 28.5 Å². The zero-order valence-corrected chi connectivity index (χ0v) is 13.0. The number of nitrogens with zero attached hydrogens (tertiary/aromatic N) is 1. The second-order valence-electron chi connectivity index (χ2n) is 5.50. The van der Waals surface area contributed by atoms with Gasteiger partial charge in [0.1, 0.15) is 11.9 Å². The quantitative estimate of drug-likeness (QED) is 0.923. The molecule has 2 aliphatic rings. The lowest BCUT2D eigenvalue weighted by Crippen LogP contribution is -2.26. The number of anilines is 2. The molecule has 1 fully saturated rings. The molecule has 22 heavy (non-hydrogen) atoms. The van der Waals surface area contributed by atoms with Crippen LogP contribution >= 0.6 is 0 Å². The first-order chi connectivity index (χ1) is 10.6. The van der Waals surface area contributed by atoms with Gasteiger partial charge in [-0.2, -0.15) is 0 Å². The Hall–Kier alpha value is -1.76. The second-order valence-corrected chi connectivity index (χ2v) is 7.51. The molecule has 5 nitrogen and oxygen atoms in total. The molecule has 1 aromatic rings. The van der Waals surface area contributed by atoms with Crippen LogP contribution in [0.15, 0.2) is 30.5 Å². The minimum absolute atomic E-state index is 0.0757. The molecule has 2 aliphatic heterocycles. The molecular weight excluding hydrogens is 307 g/mol. The number of nitrogens with one attached hydrogen (secondary N) is 1. The zero-order chi connectivity index (χ0) is 15.6. The Morgan fingerprint density at radius 3 is 2.95 bits per heavy atom. The maximum atomic E-state index is 14.0. The normalized spacial score (nSPS) is 23.3. The van der Waals surface area contributed by atoms with Crippen LogP contribution in [0, 0.1) is 5.82 Å². The third-order valence-corrected chi connectivity index (χ3v) is 5.73. The number of ether oxygens (including phenoxy) is 1. The summed E-state index contributed by atoms with van der Waals surface area (Å²) in [7, 11) is -3.38. The van der Waals surface area contributed by atoms with Gasteiger partial charge in [-0.15, -0.1) is 0 Å². The van der Waals surface area contributed by atoms with Crippen molar-refractivity contribution < 1.29 is 17.5 Å². The fraction of sp³-hybridized carbons (Fsp3) is 0.467. The van der Waals surface area contributed by atoms with E-state index >= 15 is 0 Å². The van der Waals surface area contributed by atoms with Gasteiger partial charge in [-0.05, 0) is 43.5 Å². The Morgan fingerprint density at radius 1 is 1.41 bits per heavy atom. The molecule has 1 N–H and O–H groups in total. The van der Waals surface area contributed by atoms with Crippen LogP contribution in [0.3, 0.4) is 0 Å². The van der Waals surface area contributed by atoms with Crippen molar-refractivity contribution in [1.82, 2.24) is 0 Å². The summed E-state index contributed by atoms with van der Waals surface area (Å²) in [6.07, 6.45) is 6.19. The monoisotopic (exact) mass is 326 g/mol. The number of benzene rings is 1. The van der Waals surface area contributed by atoms with Gasteiger partial charge in [-0.3, -0.25) is 4.31 Å². The highest BCUT2D eigenvalue weighted by molar-refractivity contribution is 7.93. The lowest BCUT2D eigenvalue weighted by atomic mass is 10.1. The van der Waals surface area contributed by atoms with Crippen LogP contribution in [-0.2, 0) is 14.8 Å². The Bertz CT molecular complexity index is 675. The van der Waals surface area contributed by atoms with E-state index in [1.165, 1.54) is 6.07 Å². The van der Waals surface area contributed by atoms with Crippen molar-refractivity contribution in [3.05, 3.63) is 36.4 Å². The number of allylic oxidation sites excluding steroid dienone is 1. The first-order valence-electron chi connectivity index (χ1n) is 7.40. The lowest BCUT2D eigenvalue weighted by molar-refractivity contribution is 0.135. The van der Waals surface area contributed by atoms with Gasteiger partial charge in [0.25, 0.3) is 0 Å². The highest BCUT2D eigenvalue weighted by atomic mass is 32.2. The summed E-state index contributed by atoms with van der Waals surface area (Å²) in [5, 5.41) is 3.19. The van der Waals surface area contributed by atoms with E-state index < -0.39 is 15.8 Å². The summed E-state index contributed by atoms with van der Waals surface area (Å²) >= 11 is 0. The summed E-state index contributed by atoms with van der Waals surface area (Å²) in [5.74, 6) is -0.445. The molecule has 1 aromatic carbocycles. The van der Waals surface area contributed by atoms with Gasteiger partial charge >= 0.3 is 0 Å². The molecule has 0 spiro atoms. The third kappa shape index (κ3) is 3.19. The van der Waals surface area contributed by atoms with Crippen molar-refractivity contribution in [3.8, 4) is 0 Å². The maximum absolute atomic E-state index is 14.0. The van der Waals surface area contributed by atoms with E-state index in [1.807, 2.05) is 6.08 Å². The number of halogens is 1. The molecule has 120 valence electrons. The number of rotatable bonds is 4. The lowest BCUT2D eigenvalue weighted by Gasteiger charge is -2.22. The molecule has 3 rings (SSSR count). The van der Waals surface area contributed by atoms with Gasteiger partial charge in [0.05, 0.1) is 24.2 Å². The van der Waals surface area contributed by atoms with Gasteiger partial charge in [0.15, 0.2) is 0 Å². The van der Waals surface area contributed by atoms with E-state index in [-0.39, 0.29) is 17.5 Å². The Balaban J connectivity index is 1.74. The molecule has 0 amide bonds. The summed E-state index contributed by atoms with van der Waals surface area (Å²) < 4.78 is 44.5. The molecule has 2 heterocycles. The van der Waals surface area contributed by atoms with Crippen molar-refractivity contribution >= 4 is 21.4 Å². The summed E-state index contributed by atoms with van der Waals surface area (Å²) in [4.78, 5) is 0. The van der Waals surface area contributed by atoms with Crippen molar-refractivity contribution in [2.45, 2.75) is 25.4 Å². The minimum atomic E-state index is -3.38. The molecule has 0 bridgehead atoms. The fourth-order valence-electron chi connectivity index (χ4n) is 2.69. The molecule has 7 heteroatoms. The highest BCUT2D eigenvalue weighted by Gasteiger charge is 2.30. The average molecular weight is 326 g/mol. The first kappa shape index (κ1) is 15.1. The van der Waals surface area contributed by atoms with Crippen LogP contribution < -0.4 is 9.62 Å². The van der Waals surface area contributed by atoms with Crippen LogP contribution in [-0.4, -0.2) is 33.4 Å². The van der Waals surface area contributed by atoms with E-state index in [4.69, 9.17) is 4.74 Å². The van der Waals surface area contributed by atoms with E-state index in [2.05, 4.69) is 5.32 Å². The standard InChI is InChI=1S/C15H19FN2O3S/c16-14-6-5-12(17-11-13-4-1-2-8-21-13)10-15(14)18-7-3-9-22(18,19)20/h2,5-6,8,10,13,17H,1,3-4,7,9,11H2. The van der Waals surface area contributed by atoms with E-state index in [1.54, 1.807) is 18.4 Å². The van der Waals surface area contributed by atoms with Crippen molar-refractivity contribution in [3.63, 3.8) is 0 Å². The molecule has 0 radical (unpaired) electrons. The first-order valence-corrected chi connectivity index (χ1v) is 9.01. The SMILES string of the molecule is O=S1(=O)CCCN1c1cc(NCC2CCC=CO2)ccc1F. The van der Waals surface area contributed by atoms with Gasteiger partial charge in [-0.1, -0.05) is 0 Å². The van der Waals surface area contributed by atoms with E-state index in [9.17, 15) is 12.8 Å². The zero-order valence-electron chi connectivity index (χ0n) is 12.2. The smallest absolute Gasteiger partial charge is 0.235 e. The topological polar surface area (TPSA) is 58.6 Å². The fourth-order valence-corrected chi connectivity index (χ4v) is 4.25. The van der Waals surface area contributed by atoms with Gasteiger partial charge in [0.2, 0.25) is 10.0 Å². The van der Waals surface area contributed by atoms with Crippen molar-refractivity contribution in [1.29, 1.82) is 0 Å².